The van der Waals surface area contributed by atoms with Crippen LogP contribution in [0, 0.1) is 0 Å². The predicted molar refractivity (Wildman–Crippen MR) is 83.0 cm³/mol. The first-order chi connectivity index (χ1) is 10.3. The van der Waals surface area contributed by atoms with E-state index >= 15 is 0 Å². The second kappa shape index (κ2) is 7.74. The van der Waals surface area contributed by atoms with Crippen molar-refractivity contribution in [1.29, 1.82) is 0 Å². The van der Waals surface area contributed by atoms with Crippen molar-refractivity contribution >= 4 is 0 Å². The maximum atomic E-state index is 5.47. The number of nitrogens with one attached hydrogen (secondary N) is 1. The summed E-state index contributed by atoms with van der Waals surface area (Å²) in [6.07, 6.45) is 3.60. The highest BCUT2D eigenvalue weighted by atomic mass is 16.5. The van der Waals surface area contributed by atoms with E-state index in [0.717, 1.165) is 42.2 Å². The summed E-state index contributed by atoms with van der Waals surface area (Å²) in [5.41, 5.74) is 1.16. The van der Waals surface area contributed by atoms with Gasteiger partial charge in [0, 0.05) is 12.5 Å². The minimum Gasteiger partial charge on any atom is -0.493 e. The van der Waals surface area contributed by atoms with Crippen LogP contribution in [0.15, 0.2) is 41.0 Å². The Kier molecular flexibility index (Phi) is 5.69. The largest absolute Gasteiger partial charge is 0.493 e. The van der Waals surface area contributed by atoms with Crippen LogP contribution < -0.4 is 14.8 Å². The fraction of sp³-hybridized carbons (Fsp3) is 0.412. The van der Waals surface area contributed by atoms with E-state index in [2.05, 4.69) is 18.3 Å². The minimum atomic E-state index is 0.191. The van der Waals surface area contributed by atoms with Crippen LogP contribution in [0.25, 0.3) is 0 Å². The number of furan rings is 1. The normalized spacial score (nSPS) is 12.1. The second-order valence-electron chi connectivity index (χ2n) is 4.90. The van der Waals surface area contributed by atoms with Gasteiger partial charge < -0.3 is 19.2 Å². The molecule has 1 aromatic carbocycles. The highest BCUT2D eigenvalue weighted by Gasteiger charge is 2.15. The number of ether oxygens (including phenoxy) is 2. The van der Waals surface area contributed by atoms with Crippen LogP contribution in [0.4, 0.5) is 0 Å². The molecule has 0 aliphatic rings. The standard InChI is InChI=1S/C17H23NO3/c1-4-9-18-15(12-14-6-5-10-21-14)13-7-8-16(19-2)17(11-13)20-3/h5-8,10-11,15,18H,4,9,12H2,1-3H3. The molecule has 2 aromatic rings. The van der Waals surface area contributed by atoms with E-state index in [1.165, 1.54) is 0 Å². The molecule has 1 atom stereocenters. The Labute approximate surface area is 126 Å². The Bertz CT molecular complexity index is 537. The second-order valence-corrected chi connectivity index (χ2v) is 4.90. The van der Waals surface area contributed by atoms with Crippen LogP contribution in [0.1, 0.15) is 30.7 Å². The van der Waals surface area contributed by atoms with E-state index in [0.29, 0.717) is 0 Å². The van der Waals surface area contributed by atoms with Gasteiger partial charge in [0.25, 0.3) is 0 Å². The first kappa shape index (κ1) is 15.4. The Morgan fingerprint density at radius 2 is 1.95 bits per heavy atom. The number of benzene rings is 1. The SMILES string of the molecule is CCCNC(Cc1ccco1)c1ccc(OC)c(OC)c1. The summed E-state index contributed by atoms with van der Waals surface area (Å²) in [5, 5.41) is 3.56. The predicted octanol–water partition coefficient (Wildman–Crippen LogP) is 3.58. The molecule has 0 bridgehead atoms. The van der Waals surface area contributed by atoms with Crippen molar-refractivity contribution in [3.05, 3.63) is 47.9 Å². The highest BCUT2D eigenvalue weighted by Crippen LogP contribution is 2.31. The van der Waals surface area contributed by atoms with Gasteiger partial charge in [-0.25, -0.2) is 0 Å². The Morgan fingerprint density at radius 1 is 1.14 bits per heavy atom. The lowest BCUT2D eigenvalue weighted by Gasteiger charge is -2.19. The van der Waals surface area contributed by atoms with Crippen LogP contribution in [-0.4, -0.2) is 20.8 Å². The highest BCUT2D eigenvalue weighted by molar-refractivity contribution is 5.44. The summed E-state index contributed by atoms with van der Waals surface area (Å²) in [6.45, 7) is 3.12. The van der Waals surface area contributed by atoms with Crippen LogP contribution in [0.5, 0.6) is 11.5 Å². The van der Waals surface area contributed by atoms with Gasteiger partial charge in [-0.3, -0.25) is 0 Å². The smallest absolute Gasteiger partial charge is 0.161 e. The first-order valence-electron chi connectivity index (χ1n) is 7.26. The lowest BCUT2D eigenvalue weighted by molar-refractivity contribution is 0.353. The van der Waals surface area contributed by atoms with E-state index in [1.807, 2.05) is 24.3 Å². The summed E-state index contributed by atoms with van der Waals surface area (Å²) in [6, 6.07) is 10.1. The Morgan fingerprint density at radius 3 is 2.57 bits per heavy atom. The van der Waals surface area contributed by atoms with Crippen molar-refractivity contribution in [2.24, 2.45) is 0 Å². The summed E-state index contributed by atoms with van der Waals surface area (Å²) in [4.78, 5) is 0. The Hall–Kier alpha value is -1.94. The van der Waals surface area contributed by atoms with Crippen molar-refractivity contribution in [1.82, 2.24) is 5.32 Å². The molecular formula is C17H23NO3. The molecule has 1 heterocycles. The van der Waals surface area contributed by atoms with Crippen molar-refractivity contribution < 1.29 is 13.9 Å². The van der Waals surface area contributed by atoms with Gasteiger partial charge in [-0.05, 0) is 42.8 Å². The molecule has 4 nitrogen and oxygen atoms in total. The third kappa shape index (κ3) is 4.02. The van der Waals surface area contributed by atoms with Gasteiger partial charge in [-0.1, -0.05) is 13.0 Å². The zero-order chi connectivity index (χ0) is 15.1. The summed E-state index contributed by atoms with van der Waals surface area (Å²) >= 11 is 0. The molecule has 1 aromatic heterocycles. The Balaban J connectivity index is 2.22. The molecule has 0 spiro atoms. The summed E-state index contributed by atoms with van der Waals surface area (Å²) in [5.74, 6) is 2.46. The van der Waals surface area contributed by atoms with Crippen molar-refractivity contribution in [2.45, 2.75) is 25.8 Å². The molecular weight excluding hydrogens is 266 g/mol. The van der Waals surface area contributed by atoms with Crippen LogP contribution in [-0.2, 0) is 6.42 Å². The molecule has 0 amide bonds. The van der Waals surface area contributed by atoms with Crippen molar-refractivity contribution in [3.8, 4) is 11.5 Å². The third-order valence-corrected chi connectivity index (χ3v) is 3.44. The van der Waals surface area contributed by atoms with E-state index in [1.54, 1.807) is 20.5 Å². The van der Waals surface area contributed by atoms with E-state index in [9.17, 15) is 0 Å². The molecule has 4 heteroatoms. The lowest BCUT2D eigenvalue weighted by Crippen LogP contribution is -2.24. The molecule has 21 heavy (non-hydrogen) atoms. The van der Waals surface area contributed by atoms with Crippen LogP contribution in [0.3, 0.4) is 0 Å². The summed E-state index contributed by atoms with van der Waals surface area (Å²) < 4.78 is 16.2. The minimum absolute atomic E-state index is 0.191. The van der Waals surface area contributed by atoms with Gasteiger partial charge in [0.2, 0.25) is 0 Å². The van der Waals surface area contributed by atoms with Gasteiger partial charge in [0.1, 0.15) is 5.76 Å². The molecule has 1 unspecified atom stereocenters. The summed E-state index contributed by atoms with van der Waals surface area (Å²) in [7, 11) is 3.30. The molecule has 0 aliphatic heterocycles. The van der Waals surface area contributed by atoms with Gasteiger partial charge in [-0.2, -0.15) is 0 Å². The average Bonchev–Trinajstić information content (AvgIpc) is 3.03. The maximum Gasteiger partial charge on any atom is 0.161 e. The van der Waals surface area contributed by atoms with Gasteiger partial charge in [0.15, 0.2) is 11.5 Å². The topological polar surface area (TPSA) is 43.6 Å². The maximum absolute atomic E-state index is 5.47. The van der Waals surface area contributed by atoms with E-state index < -0.39 is 0 Å². The van der Waals surface area contributed by atoms with Crippen LogP contribution in [0.2, 0.25) is 0 Å². The zero-order valence-electron chi connectivity index (χ0n) is 12.9. The van der Waals surface area contributed by atoms with Crippen molar-refractivity contribution in [2.75, 3.05) is 20.8 Å². The van der Waals surface area contributed by atoms with Crippen molar-refractivity contribution in [3.63, 3.8) is 0 Å². The molecule has 0 saturated carbocycles. The molecule has 0 fully saturated rings. The third-order valence-electron chi connectivity index (χ3n) is 3.44. The molecule has 2 rings (SSSR count). The first-order valence-corrected chi connectivity index (χ1v) is 7.26. The average molecular weight is 289 g/mol. The van der Waals surface area contributed by atoms with Gasteiger partial charge >= 0.3 is 0 Å². The lowest BCUT2D eigenvalue weighted by atomic mass is 10.0. The number of methoxy groups -OCH3 is 2. The van der Waals surface area contributed by atoms with E-state index in [-0.39, 0.29) is 6.04 Å². The number of rotatable bonds is 8. The molecule has 114 valence electrons. The molecule has 0 aliphatic carbocycles. The fourth-order valence-corrected chi connectivity index (χ4v) is 2.33. The quantitative estimate of drug-likeness (QED) is 0.806. The monoisotopic (exact) mass is 289 g/mol. The molecule has 0 radical (unpaired) electrons. The zero-order valence-corrected chi connectivity index (χ0v) is 12.9. The molecule has 0 saturated heterocycles. The number of hydrogen-bond donors (Lipinski definition) is 1. The van der Waals surface area contributed by atoms with Gasteiger partial charge in [0.05, 0.1) is 20.5 Å². The number of hydrogen-bond acceptors (Lipinski definition) is 4. The fourth-order valence-electron chi connectivity index (χ4n) is 2.33. The van der Waals surface area contributed by atoms with Gasteiger partial charge in [-0.15, -0.1) is 0 Å². The molecule has 1 N–H and O–H groups in total. The van der Waals surface area contributed by atoms with E-state index in [4.69, 9.17) is 13.9 Å². The van der Waals surface area contributed by atoms with Crippen LogP contribution >= 0.6 is 0 Å².